The molecule has 0 unspecified atom stereocenters. The highest BCUT2D eigenvalue weighted by molar-refractivity contribution is 5.87. The normalized spacial score (nSPS) is 14.7. The van der Waals surface area contributed by atoms with Gasteiger partial charge in [0, 0.05) is 29.2 Å². The number of aromatic nitrogens is 1. The van der Waals surface area contributed by atoms with E-state index in [1.54, 1.807) is 26.0 Å². The van der Waals surface area contributed by atoms with Crippen LogP contribution in [0.5, 0.6) is 0 Å². The van der Waals surface area contributed by atoms with Gasteiger partial charge in [0.15, 0.2) is 5.76 Å². The summed E-state index contributed by atoms with van der Waals surface area (Å²) in [6.07, 6.45) is 1.27. The van der Waals surface area contributed by atoms with Crippen molar-refractivity contribution in [2.75, 3.05) is 6.61 Å². The molecular formula is C32H28F3NO4. The standard InChI is InChI=1S/C32H28F3NO4/c1-3-39-30(38)31(16-17-31)25-12-8-22(9-13-25)21-4-6-24(7-5-21)29-27(20(2)36-40-29)18-32(34,35)19-28(37)23-10-14-26(33)15-11-23/h4-15,19,37H,3,16-18H2,1-2H3/b28-19+. The van der Waals surface area contributed by atoms with Crippen molar-refractivity contribution in [3.05, 3.63) is 107 Å². The molecule has 5 rings (SSSR count). The molecule has 3 aromatic carbocycles. The van der Waals surface area contributed by atoms with Gasteiger partial charge in [0.25, 0.3) is 5.92 Å². The number of hydrogen-bond donors (Lipinski definition) is 1. The lowest BCUT2D eigenvalue weighted by atomic mass is 9.93. The SMILES string of the molecule is CCOC(=O)C1(c2ccc(-c3ccc(-c4onc(C)c4CC(F)(F)/C=C(/O)c4ccc(F)cc4)cc3)cc2)CC1. The predicted octanol–water partition coefficient (Wildman–Crippen LogP) is 7.83. The number of rotatable bonds is 9. The molecule has 0 bridgehead atoms. The highest BCUT2D eigenvalue weighted by Gasteiger charge is 2.52. The molecule has 0 atom stereocenters. The van der Waals surface area contributed by atoms with Gasteiger partial charge < -0.3 is 14.4 Å². The summed E-state index contributed by atoms with van der Waals surface area (Å²) in [5.74, 6) is -4.56. The third-order valence-corrected chi connectivity index (χ3v) is 7.22. The zero-order valence-corrected chi connectivity index (χ0v) is 22.1. The second-order valence-electron chi connectivity index (χ2n) is 10.0. The largest absolute Gasteiger partial charge is 0.507 e. The molecule has 1 fully saturated rings. The van der Waals surface area contributed by atoms with Gasteiger partial charge in [0.05, 0.1) is 17.7 Å². The van der Waals surface area contributed by atoms with Crippen LogP contribution < -0.4 is 0 Å². The van der Waals surface area contributed by atoms with Crippen molar-refractivity contribution in [1.29, 1.82) is 0 Å². The Balaban J connectivity index is 1.34. The van der Waals surface area contributed by atoms with E-state index in [1.165, 1.54) is 12.1 Å². The van der Waals surface area contributed by atoms with E-state index in [-0.39, 0.29) is 22.9 Å². The van der Waals surface area contributed by atoms with Gasteiger partial charge in [0.1, 0.15) is 11.6 Å². The summed E-state index contributed by atoms with van der Waals surface area (Å²) in [4.78, 5) is 12.4. The first-order valence-electron chi connectivity index (χ1n) is 13.0. The first-order chi connectivity index (χ1) is 19.1. The zero-order chi connectivity index (χ0) is 28.5. The number of carbonyl (C=O) groups excluding carboxylic acids is 1. The van der Waals surface area contributed by atoms with Crippen LogP contribution >= 0.6 is 0 Å². The lowest BCUT2D eigenvalue weighted by molar-refractivity contribution is -0.146. The summed E-state index contributed by atoms with van der Waals surface area (Å²) in [5, 5.41) is 14.1. The molecule has 1 aliphatic carbocycles. The van der Waals surface area contributed by atoms with E-state index in [0.717, 1.165) is 41.7 Å². The molecular weight excluding hydrogens is 519 g/mol. The molecule has 5 nitrogen and oxygen atoms in total. The van der Waals surface area contributed by atoms with Crippen LogP contribution in [0.4, 0.5) is 13.2 Å². The van der Waals surface area contributed by atoms with Gasteiger partial charge in [-0.3, -0.25) is 4.79 Å². The second kappa shape index (κ2) is 10.7. The maximum Gasteiger partial charge on any atom is 0.316 e. The Labute approximate surface area is 229 Å². The summed E-state index contributed by atoms with van der Waals surface area (Å²) in [5.41, 5.74) is 3.46. The van der Waals surface area contributed by atoms with Crippen molar-refractivity contribution in [3.63, 3.8) is 0 Å². The van der Waals surface area contributed by atoms with Crippen LogP contribution in [0.1, 0.15) is 42.1 Å². The average Bonchev–Trinajstić information content (AvgIpc) is 3.68. The van der Waals surface area contributed by atoms with Gasteiger partial charge in [-0.1, -0.05) is 53.7 Å². The van der Waals surface area contributed by atoms with Crippen LogP contribution in [0.15, 0.2) is 83.4 Å². The zero-order valence-electron chi connectivity index (χ0n) is 22.1. The maximum atomic E-state index is 15.0. The van der Waals surface area contributed by atoms with E-state index >= 15 is 0 Å². The smallest absolute Gasteiger partial charge is 0.316 e. The monoisotopic (exact) mass is 547 g/mol. The van der Waals surface area contributed by atoms with Gasteiger partial charge >= 0.3 is 5.97 Å². The van der Waals surface area contributed by atoms with E-state index in [4.69, 9.17) is 9.26 Å². The molecule has 8 heteroatoms. The lowest BCUT2D eigenvalue weighted by Crippen LogP contribution is -2.23. The molecule has 206 valence electrons. The number of carbonyl (C=O) groups is 1. The van der Waals surface area contributed by atoms with E-state index < -0.39 is 29.3 Å². The number of alkyl halides is 2. The van der Waals surface area contributed by atoms with Crippen molar-refractivity contribution < 1.29 is 32.3 Å². The van der Waals surface area contributed by atoms with Crippen LogP contribution in [0.2, 0.25) is 0 Å². The topological polar surface area (TPSA) is 72.6 Å². The number of ether oxygens (including phenoxy) is 1. The number of allylic oxidation sites excluding steroid dienone is 1. The Morgan fingerprint density at radius 1 is 1.00 bits per heavy atom. The first kappa shape index (κ1) is 27.2. The van der Waals surface area contributed by atoms with Crippen molar-refractivity contribution in [1.82, 2.24) is 5.16 Å². The van der Waals surface area contributed by atoms with Crippen molar-refractivity contribution >= 4 is 11.7 Å². The van der Waals surface area contributed by atoms with Crippen molar-refractivity contribution in [2.45, 2.75) is 44.4 Å². The Bertz CT molecular complexity index is 1530. The number of aryl methyl sites for hydroxylation is 1. The highest BCUT2D eigenvalue weighted by Crippen LogP contribution is 2.49. The second-order valence-corrected chi connectivity index (χ2v) is 10.0. The average molecular weight is 548 g/mol. The number of nitrogens with zero attached hydrogens (tertiary/aromatic N) is 1. The molecule has 0 radical (unpaired) electrons. The summed E-state index contributed by atoms with van der Waals surface area (Å²) in [6.45, 7) is 3.73. The summed E-state index contributed by atoms with van der Waals surface area (Å²) >= 11 is 0. The fourth-order valence-corrected chi connectivity index (χ4v) is 4.82. The number of halogens is 3. The molecule has 1 saturated carbocycles. The quantitative estimate of drug-likeness (QED) is 0.171. The molecule has 0 aliphatic heterocycles. The third kappa shape index (κ3) is 5.52. The molecule has 1 N–H and O–H groups in total. The number of aliphatic hydroxyl groups is 1. The van der Waals surface area contributed by atoms with Crippen molar-refractivity contribution in [3.8, 4) is 22.5 Å². The Morgan fingerprint density at radius 3 is 2.15 bits per heavy atom. The van der Waals surface area contributed by atoms with Gasteiger partial charge in [-0.2, -0.15) is 0 Å². The van der Waals surface area contributed by atoms with Gasteiger partial charge in [-0.05, 0) is 67.6 Å². The summed E-state index contributed by atoms with van der Waals surface area (Å²) in [7, 11) is 0. The molecule has 0 saturated heterocycles. The molecule has 4 aromatic rings. The van der Waals surface area contributed by atoms with E-state index in [9.17, 15) is 23.1 Å². The molecule has 1 aliphatic rings. The van der Waals surface area contributed by atoms with Gasteiger partial charge in [-0.25, -0.2) is 13.2 Å². The van der Waals surface area contributed by atoms with Crippen LogP contribution in [0.25, 0.3) is 28.2 Å². The highest BCUT2D eigenvalue weighted by atomic mass is 19.3. The minimum atomic E-state index is -3.42. The van der Waals surface area contributed by atoms with Crippen molar-refractivity contribution in [2.24, 2.45) is 0 Å². The number of hydrogen-bond acceptors (Lipinski definition) is 5. The molecule has 0 amide bonds. The number of esters is 1. The molecule has 40 heavy (non-hydrogen) atoms. The fraction of sp³-hybridized carbons (Fsp3) is 0.250. The summed E-state index contributed by atoms with van der Waals surface area (Å²) in [6, 6.07) is 19.7. The fourth-order valence-electron chi connectivity index (χ4n) is 4.82. The molecule has 1 heterocycles. The Morgan fingerprint density at radius 2 is 1.57 bits per heavy atom. The van der Waals surface area contributed by atoms with Gasteiger partial charge in [0.2, 0.25) is 0 Å². The predicted molar refractivity (Wildman–Crippen MR) is 145 cm³/mol. The first-order valence-corrected chi connectivity index (χ1v) is 13.0. The van der Waals surface area contributed by atoms with E-state index in [2.05, 4.69) is 5.16 Å². The number of aliphatic hydroxyl groups excluding tert-OH is 1. The molecule has 1 aromatic heterocycles. The lowest BCUT2D eigenvalue weighted by Gasteiger charge is -2.15. The maximum absolute atomic E-state index is 15.0. The number of benzene rings is 3. The minimum absolute atomic E-state index is 0.0835. The Hall–Kier alpha value is -4.33. The van der Waals surface area contributed by atoms with Crippen LogP contribution in [0, 0.1) is 12.7 Å². The summed E-state index contributed by atoms with van der Waals surface area (Å²) < 4.78 is 53.8. The minimum Gasteiger partial charge on any atom is -0.507 e. The van der Waals surface area contributed by atoms with E-state index in [0.29, 0.717) is 23.9 Å². The molecule has 0 spiro atoms. The van der Waals surface area contributed by atoms with Crippen LogP contribution in [-0.4, -0.2) is 28.8 Å². The third-order valence-electron chi connectivity index (χ3n) is 7.22. The van der Waals surface area contributed by atoms with Crippen LogP contribution in [-0.2, 0) is 21.4 Å². The Kier molecular flexibility index (Phi) is 7.27. The van der Waals surface area contributed by atoms with Crippen LogP contribution in [0.3, 0.4) is 0 Å². The van der Waals surface area contributed by atoms with E-state index in [1.807, 2.05) is 36.4 Å². The van der Waals surface area contributed by atoms with Gasteiger partial charge in [-0.15, -0.1) is 0 Å².